The van der Waals surface area contributed by atoms with Gasteiger partial charge in [0.05, 0.1) is 24.3 Å². The summed E-state index contributed by atoms with van der Waals surface area (Å²) in [6.45, 7) is 1.73. The van der Waals surface area contributed by atoms with Crippen LogP contribution in [-0.4, -0.2) is 64.1 Å². The number of hydrogen-bond acceptors (Lipinski definition) is 7. The number of fused-ring (bicyclic) bond motifs is 1. The summed E-state index contributed by atoms with van der Waals surface area (Å²) in [4.78, 5) is 30.1. The molecule has 1 aliphatic carbocycles. The van der Waals surface area contributed by atoms with Crippen LogP contribution in [0.1, 0.15) is 77.9 Å². The molecule has 5 rings (SSSR count). The van der Waals surface area contributed by atoms with E-state index in [1.165, 1.54) is 0 Å². The number of benzene rings is 2. The highest BCUT2D eigenvalue weighted by Gasteiger charge is 2.49. The van der Waals surface area contributed by atoms with Gasteiger partial charge in [0.25, 0.3) is 5.91 Å². The largest absolute Gasteiger partial charge is 0.346 e. The van der Waals surface area contributed by atoms with Gasteiger partial charge in [0, 0.05) is 27.7 Å². The molecule has 2 amide bonds. The van der Waals surface area contributed by atoms with Gasteiger partial charge in [-0.1, -0.05) is 65.5 Å². The van der Waals surface area contributed by atoms with Crippen molar-refractivity contribution in [1.29, 1.82) is 0 Å². The number of sulfonamides is 1. The quantitative estimate of drug-likeness (QED) is 0.373. The second kappa shape index (κ2) is 11.4. The minimum absolute atomic E-state index is 0.294. The van der Waals surface area contributed by atoms with Crippen molar-refractivity contribution in [3.05, 3.63) is 75.0 Å². The van der Waals surface area contributed by atoms with Gasteiger partial charge in [0.1, 0.15) is 0 Å². The fraction of sp³-hybridized carbons (Fsp3) is 0.423. The average molecular weight is 607 g/mol. The number of aromatic amines is 1. The summed E-state index contributed by atoms with van der Waals surface area (Å²) in [6.07, 6.45) is 3.81. The molecule has 5 atom stereocenters. The third-order valence-corrected chi connectivity index (χ3v) is 8.79. The number of H-pyrrole nitrogens is 1. The van der Waals surface area contributed by atoms with E-state index in [1.54, 1.807) is 54.3 Å². The molecule has 2 heterocycles. The fourth-order valence-electron chi connectivity index (χ4n) is 5.85. The molecule has 0 bridgehead atoms. The zero-order valence-corrected chi connectivity index (χ0v) is 24.2. The van der Waals surface area contributed by atoms with Crippen molar-refractivity contribution in [1.82, 2.24) is 35.6 Å². The van der Waals surface area contributed by atoms with Crippen LogP contribution in [0.3, 0.4) is 0 Å². The average Bonchev–Trinajstić information content (AvgIpc) is 3.44. The molecule has 3 N–H and O–H groups in total. The first kappa shape index (κ1) is 28.5. The number of tetrazole rings is 1. The Morgan fingerprint density at radius 2 is 1.88 bits per heavy atom. The van der Waals surface area contributed by atoms with E-state index >= 15 is 0 Å². The first-order valence-corrected chi connectivity index (χ1v) is 15.6. The predicted molar refractivity (Wildman–Crippen MR) is 149 cm³/mol. The number of aromatic nitrogens is 4. The van der Waals surface area contributed by atoms with E-state index in [-0.39, 0.29) is 11.8 Å². The van der Waals surface area contributed by atoms with Gasteiger partial charge < -0.3 is 10.2 Å². The minimum atomic E-state index is -3.57. The van der Waals surface area contributed by atoms with Crippen LogP contribution in [0, 0.1) is 0 Å². The second-order valence-electron chi connectivity index (χ2n) is 10.2. The molecule has 1 aliphatic heterocycles. The van der Waals surface area contributed by atoms with Crippen LogP contribution in [0.4, 0.5) is 0 Å². The van der Waals surface area contributed by atoms with Crippen LogP contribution >= 0.6 is 23.2 Å². The van der Waals surface area contributed by atoms with Crippen LogP contribution < -0.4 is 10.0 Å². The van der Waals surface area contributed by atoms with Gasteiger partial charge >= 0.3 is 0 Å². The Hall–Kier alpha value is -3.06. The lowest BCUT2D eigenvalue weighted by Gasteiger charge is -2.49. The molecule has 1 fully saturated rings. The van der Waals surface area contributed by atoms with E-state index in [2.05, 4.69) is 30.7 Å². The predicted octanol–water partition coefficient (Wildman–Crippen LogP) is 3.53. The number of halogens is 2. The van der Waals surface area contributed by atoms with Gasteiger partial charge in [-0.3, -0.25) is 9.59 Å². The Morgan fingerprint density at radius 1 is 1.12 bits per heavy atom. The zero-order chi connectivity index (χ0) is 28.6. The van der Waals surface area contributed by atoms with Crippen LogP contribution in [0.2, 0.25) is 10.0 Å². The van der Waals surface area contributed by atoms with Crippen LogP contribution in [0.5, 0.6) is 0 Å². The maximum Gasteiger partial charge on any atom is 0.255 e. The maximum atomic E-state index is 14.3. The number of carbonyl (C=O) groups excluding carboxylic acids is 2. The summed E-state index contributed by atoms with van der Waals surface area (Å²) >= 11 is 13.0. The summed E-state index contributed by atoms with van der Waals surface area (Å²) < 4.78 is 27.4. The normalized spacial score (nSPS) is 23.9. The van der Waals surface area contributed by atoms with Crippen molar-refractivity contribution in [2.45, 2.75) is 62.7 Å². The van der Waals surface area contributed by atoms with E-state index in [0.717, 1.165) is 19.1 Å². The van der Waals surface area contributed by atoms with Gasteiger partial charge in [0.15, 0.2) is 5.82 Å². The smallest absolute Gasteiger partial charge is 0.255 e. The maximum absolute atomic E-state index is 14.3. The molecule has 3 aromatic rings. The van der Waals surface area contributed by atoms with Crippen molar-refractivity contribution in [3.63, 3.8) is 0 Å². The molecule has 11 nitrogen and oxygen atoms in total. The topological polar surface area (TPSA) is 150 Å². The second-order valence-corrected chi connectivity index (χ2v) is 12.9. The highest BCUT2D eigenvalue weighted by atomic mass is 35.5. The zero-order valence-electron chi connectivity index (χ0n) is 21.8. The van der Waals surface area contributed by atoms with E-state index in [1.807, 2.05) is 0 Å². The Balaban J connectivity index is 1.67. The molecular formula is C26H29Cl2N7O4S. The number of amides is 2. The lowest BCUT2D eigenvalue weighted by Crippen LogP contribution is -2.59. The molecular weight excluding hydrogens is 577 g/mol. The Bertz CT molecular complexity index is 1520. The molecule has 1 saturated carbocycles. The molecule has 1 aromatic heterocycles. The molecule has 2 aliphatic rings. The van der Waals surface area contributed by atoms with E-state index in [4.69, 9.17) is 23.2 Å². The molecule has 14 heteroatoms. The molecule has 0 saturated heterocycles. The van der Waals surface area contributed by atoms with Crippen molar-refractivity contribution in [2.75, 3.05) is 6.26 Å². The number of carbonyl (C=O) groups is 2. The van der Waals surface area contributed by atoms with Gasteiger partial charge in [-0.25, -0.2) is 13.1 Å². The lowest BCUT2D eigenvalue weighted by atomic mass is 9.76. The van der Waals surface area contributed by atoms with Crippen LogP contribution in [-0.2, 0) is 14.8 Å². The Morgan fingerprint density at radius 3 is 2.58 bits per heavy atom. The van der Waals surface area contributed by atoms with Crippen LogP contribution in [0.15, 0.2) is 42.5 Å². The first-order chi connectivity index (χ1) is 19.0. The molecule has 40 heavy (non-hydrogen) atoms. The molecule has 2 unspecified atom stereocenters. The Labute approximate surface area is 242 Å². The SMILES string of the molecule is CC(NC(=O)[C@@H]1c2ccccc2C(=O)N(C2CCCC[C@@H]2NS(C)(=O)=O)[C@H]1c1ccc(Cl)cc1Cl)c1nn[nH]n1. The minimum Gasteiger partial charge on any atom is -0.346 e. The first-order valence-electron chi connectivity index (χ1n) is 12.9. The van der Waals surface area contributed by atoms with Crippen molar-refractivity contribution in [3.8, 4) is 0 Å². The molecule has 0 spiro atoms. The Kier molecular flexibility index (Phi) is 8.14. The standard InChI is InChI=1S/C26H29Cl2N7O4S/c1-14(24-30-33-34-31-24)29-25(36)22-16-7-3-4-8-17(16)26(37)35(23(22)18-12-11-15(27)13-19(18)28)21-10-6-5-9-20(21)32-40(2,38)39/h3-4,7-8,11-14,20-23,32H,5-6,9-10H2,1-2H3,(H,29,36)(H,30,31,33,34)/t14?,20-,21?,22+,23-/m0/s1. The fourth-order valence-corrected chi connectivity index (χ4v) is 7.19. The highest BCUT2D eigenvalue weighted by Crippen LogP contribution is 2.48. The van der Waals surface area contributed by atoms with E-state index in [9.17, 15) is 18.0 Å². The third kappa shape index (κ3) is 5.71. The summed E-state index contributed by atoms with van der Waals surface area (Å²) in [5.74, 6) is -1.25. The third-order valence-electron chi connectivity index (χ3n) is 7.50. The monoisotopic (exact) mass is 605 g/mol. The van der Waals surface area contributed by atoms with Gasteiger partial charge in [-0.05, 0) is 49.1 Å². The molecule has 0 radical (unpaired) electrons. The summed E-state index contributed by atoms with van der Waals surface area (Å²) in [6, 6.07) is 9.44. The number of rotatable bonds is 7. The van der Waals surface area contributed by atoms with E-state index < -0.39 is 40.1 Å². The van der Waals surface area contributed by atoms with Crippen molar-refractivity contribution in [2.24, 2.45) is 0 Å². The number of nitrogens with one attached hydrogen (secondary N) is 3. The molecule has 212 valence electrons. The van der Waals surface area contributed by atoms with Gasteiger partial charge in [-0.2, -0.15) is 5.21 Å². The number of hydrogen-bond donors (Lipinski definition) is 3. The van der Waals surface area contributed by atoms with Crippen molar-refractivity contribution >= 4 is 45.0 Å². The van der Waals surface area contributed by atoms with Crippen molar-refractivity contribution < 1.29 is 18.0 Å². The highest BCUT2D eigenvalue weighted by molar-refractivity contribution is 7.88. The van der Waals surface area contributed by atoms with Crippen LogP contribution in [0.25, 0.3) is 0 Å². The summed E-state index contributed by atoms with van der Waals surface area (Å²) in [7, 11) is -3.57. The lowest BCUT2D eigenvalue weighted by molar-refractivity contribution is -0.125. The van der Waals surface area contributed by atoms with Gasteiger partial charge in [0.2, 0.25) is 15.9 Å². The van der Waals surface area contributed by atoms with E-state index in [0.29, 0.717) is 45.4 Å². The number of nitrogens with zero attached hydrogens (tertiary/aromatic N) is 4. The molecule has 2 aromatic carbocycles. The summed E-state index contributed by atoms with van der Waals surface area (Å²) in [5, 5.41) is 17.6. The van der Waals surface area contributed by atoms with Gasteiger partial charge in [-0.15, -0.1) is 10.2 Å². The summed E-state index contributed by atoms with van der Waals surface area (Å²) in [5.41, 5.74) is 1.45.